The summed E-state index contributed by atoms with van der Waals surface area (Å²) in [5.41, 5.74) is -0.667. The van der Waals surface area contributed by atoms with Crippen LogP contribution in [0.5, 0.6) is 0 Å². The fraction of sp³-hybridized carbons (Fsp3) is 0.875. The Labute approximate surface area is 101 Å². The van der Waals surface area contributed by atoms with Crippen LogP contribution >= 0.6 is 0 Å². The molecule has 0 saturated carbocycles. The van der Waals surface area contributed by atoms with E-state index in [9.17, 15) is 5.11 Å². The zero-order valence-corrected chi connectivity index (χ0v) is 11.9. The van der Waals surface area contributed by atoms with E-state index in [2.05, 4.69) is 0 Å². The molecule has 5 heteroatoms. The molecule has 2 saturated heterocycles. The first kappa shape index (κ1) is 12.0. The van der Waals surface area contributed by atoms with Crippen molar-refractivity contribution in [3.05, 3.63) is 6.61 Å². The van der Waals surface area contributed by atoms with Crippen LogP contribution in [0.2, 0.25) is 0 Å². The molecule has 0 radical (unpaired) electrons. The maximum atomic E-state index is 9.72. The molecular formula is C8H13O4U-. The molecule has 2 bridgehead atoms. The van der Waals surface area contributed by atoms with Crippen LogP contribution in [0.1, 0.15) is 6.92 Å². The molecule has 4 nitrogen and oxygen atoms in total. The Morgan fingerprint density at radius 2 is 2.38 bits per heavy atom. The molecule has 74 valence electrons. The summed E-state index contributed by atoms with van der Waals surface area (Å²) in [5, 5.41) is 9.72. The van der Waals surface area contributed by atoms with Crippen molar-refractivity contribution >= 4 is 0 Å². The van der Waals surface area contributed by atoms with Gasteiger partial charge in [-0.2, -0.15) is 6.61 Å². The molecule has 2 aliphatic rings. The third-order valence-corrected chi connectivity index (χ3v) is 2.78. The standard InChI is InChI=1S/C8H13O4.U/c1-5(10-2)8-4-11-6(3-12-8)7(8)9;/h3,5-7,9H,4H2,1-2H3;/q-1;/t5?,6-,7-,8+;/m0./s1. The number of hydrogen-bond donors (Lipinski definition) is 1. The van der Waals surface area contributed by atoms with E-state index in [1.54, 1.807) is 13.7 Å². The first-order chi connectivity index (χ1) is 5.70. The summed E-state index contributed by atoms with van der Waals surface area (Å²) >= 11 is 0. The summed E-state index contributed by atoms with van der Waals surface area (Å²) in [6, 6.07) is 0. The van der Waals surface area contributed by atoms with E-state index in [-0.39, 0.29) is 43.3 Å². The summed E-state index contributed by atoms with van der Waals surface area (Å²) < 4.78 is 15.8. The summed E-state index contributed by atoms with van der Waals surface area (Å²) in [7, 11) is 1.60. The molecule has 13 heavy (non-hydrogen) atoms. The van der Waals surface area contributed by atoms with E-state index in [1.165, 1.54) is 0 Å². The monoisotopic (exact) mass is 411 g/mol. The van der Waals surface area contributed by atoms with Gasteiger partial charge in [-0.3, -0.25) is 0 Å². The van der Waals surface area contributed by atoms with E-state index in [1.807, 2.05) is 6.92 Å². The topological polar surface area (TPSA) is 47.9 Å². The van der Waals surface area contributed by atoms with Crippen molar-refractivity contribution in [2.24, 2.45) is 0 Å². The van der Waals surface area contributed by atoms with E-state index in [4.69, 9.17) is 14.2 Å². The average Bonchev–Trinajstić information content (AvgIpc) is 2.60. The van der Waals surface area contributed by atoms with Crippen molar-refractivity contribution in [1.82, 2.24) is 0 Å². The van der Waals surface area contributed by atoms with E-state index >= 15 is 0 Å². The van der Waals surface area contributed by atoms with Gasteiger partial charge in [0.1, 0.15) is 5.60 Å². The largest absolute Gasteiger partial charge is 0.539 e. The third-order valence-electron chi connectivity index (χ3n) is 2.78. The second kappa shape index (κ2) is 4.18. The number of fused-ring (bicyclic) bond motifs is 2. The van der Waals surface area contributed by atoms with Crippen molar-refractivity contribution < 1.29 is 50.4 Å². The predicted molar refractivity (Wildman–Crippen MR) is 40.3 cm³/mol. The molecule has 0 amide bonds. The van der Waals surface area contributed by atoms with Crippen molar-refractivity contribution in [2.45, 2.75) is 30.8 Å². The maximum absolute atomic E-state index is 9.72. The molecule has 2 rings (SSSR count). The van der Waals surface area contributed by atoms with Gasteiger partial charge in [0.25, 0.3) is 0 Å². The van der Waals surface area contributed by atoms with Crippen molar-refractivity contribution in [1.29, 1.82) is 0 Å². The van der Waals surface area contributed by atoms with Crippen LogP contribution in [0, 0.1) is 37.7 Å². The zero-order chi connectivity index (χ0) is 8.77. The third kappa shape index (κ3) is 1.60. The minimum Gasteiger partial charge on any atom is -0.539 e. The van der Waals surface area contributed by atoms with Gasteiger partial charge in [0, 0.05) is 38.2 Å². The normalized spacial score (nSPS) is 44.5. The number of aliphatic hydroxyl groups excluding tert-OH is 1. The Bertz CT molecular complexity index is 179. The van der Waals surface area contributed by atoms with Crippen LogP contribution in [-0.4, -0.2) is 42.7 Å². The molecule has 0 aromatic rings. The molecule has 0 spiro atoms. The van der Waals surface area contributed by atoms with Gasteiger partial charge in [-0.05, 0) is 13.0 Å². The van der Waals surface area contributed by atoms with Gasteiger partial charge in [0.2, 0.25) is 0 Å². The molecule has 0 aliphatic carbocycles. The van der Waals surface area contributed by atoms with Gasteiger partial charge in [-0.1, -0.05) is 0 Å². The Hall–Kier alpha value is 0.892. The summed E-state index contributed by atoms with van der Waals surface area (Å²) in [6.07, 6.45) is -1.02. The SMILES string of the molecule is COC(C)[C@@]12CO[C@@H]([CH-]O1)[C@@H]2O.[U]. The Balaban J connectivity index is 0.000000845. The first-order valence-electron chi connectivity index (χ1n) is 4.04. The van der Waals surface area contributed by atoms with Crippen LogP contribution in [0.15, 0.2) is 0 Å². The van der Waals surface area contributed by atoms with Crippen molar-refractivity contribution in [3.63, 3.8) is 0 Å². The molecule has 1 N–H and O–H groups in total. The van der Waals surface area contributed by atoms with Gasteiger partial charge in [-0.15, -0.1) is 0 Å². The molecule has 2 aliphatic heterocycles. The van der Waals surface area contributed by atoms with Crippen LogP contribution < -0.4 is 0 Å². The smallest absolute Gasteiger partial charge is 0.112 e. The Morgan fingerprint density at radius 3 is 2.69 bits per heavy atom. The maximum Gasteiger partial charge on any atom is 0.112 e. The summed E-state index contributed by atoms with van der Waals surface area (Å²) in [6.45, 7) is 3.82. The molecular weight excluding hydrogens is 398 g/mol. The first-order valence-corrected chi connectivity index (χ1v) is 4.04. The fourth-order valence-corrected chi connectivity index (χ4v) is 1.75. The van der Waals surface area contributed by atoms with Gasteiger partial charge in [0.05, 0.1) is 18.8 Å². The summed E-state index contributed by atoms with van der Waals surface area (Å²) in [5.74, 6) is 0. The van der Waals surface area contributed by atoms with Crippen LogP contribution in [0.3, 0.4) is 0 Å². The fourth-order valence-electron chi connectivity index (χ4n) is 1.75. The Morgan fingerprint density at radius 1 is 1.69 bits per heavy atom. The number of rotatable bonds is 2. The number of ether oxygens (including phenoxy) is 3. The van der Waals surface area contributed by atoms with Gasteiger partial charge in [-0.25, -0.2) is 0 Å². The minimum absolute atomic E-state index is 0. The van der Waals surface area contributed by atoms with Gasteiger partial charge >= 0.3 is 0 Å². The molecule has 0 aromatic carbocycles. The van der Waals surface area contributed by atoms with Crippen molar-refractivity contribution in [3.8, 4) is 0 Å². The minimum atomic E-state index is -0.667. The van der Waals surface area contributed by atoms with Crippen LogP contribution in [0.4, 0.5) is 0 Å². The number of methoxy groups -OCH3 is 1. The second-order valence-electron chi connectivity index (χ2n) is 3.31. The Kier molecular flexibility index (Phi) is 3.84. The van der Waals surface area contributed by atoms with Crippen molar-refractivity contribution in [2.75, 3.05) is 13.7 Å². The van der Waals surface area contributed by atoms with E-state index in [0.717, 1.165) is 0 Å². The predicted octanol–water partition coefficient (Wildman–Crippen LogP) is -0.288. The van der Waals surface area contributed by atoms with Gasteiger partial charge < -0.3 is 19.3 Å². The quantitative estimate of drug-likeness (QED) is 0.635. The molecule has 2 fully saturated rings. The van der Waals surface area contributed by atoms with E-state index < -0.39 is 11.7 Å². The number of hydrogen-bond acceptors (Lipinski definition) is 4. The molecule has 0 aromatic heterocycles. The van der Waals surface area contributed by atoms with Gasteiger partial charge in [0.15, 0.2) is 0 Å². The zero-order valence-electron chi connectivity index (χ0n) is 7.69. The van der Waals surface area contributed by atoms with Crippen LogP contribution in [0.25, 0.3) is 0 Å². The second-order valence-corrected chi connectivity index (χ2v) is 3.31. The van der Waals surface area contributed by atoms with Crippen LogP contribution in [-0.2, 0) is 14.2 Å². The van der Waals surface area contributed by atoms with E-state index in [0.29, 0.717) is 6.61 Å². The molecule has 1 unspecified atom stereocenters. The number of aliphatic hydroxyl groups is 1. The molecule has 2 heterocycles. The molecule has 4 atom stereocenters. The average molecular weight is 411 g/mol. The summed E-state index contributed by atoms with van der Waals surface area (Å²) in [4.78, 5) is 0.